The third kappa shape index (κ3) is 3.39. The third-order valence-corrected chi connectivity index (χ3v) is 4.78. The number of fused-ring (bicyclic) bond motifs is 1. The van der Waals surface area contributed by atoms with E-state index in [1.165, 1.54) is 4.68 Å². The minimum Gasteiger partial charge on any atom is -0.324 e. The van der Waals surface area contributed by atoms with Crippen molar-refractivity contribution in [3.63, 3.8) is 0 Å². The fourth-order valence-corrected chi connectivity index (χ4v) is 3.17. The van der Waals surface area contributed by atoms with Crippen LogP contribution < -0.4 is 5.32 Å². The van der Waals surface area contributed by atoms with Crippen LogP contribution in [0.25, 0.3) is 5.70 Å². The van der Waals surface area contributed by atoms with Gasteiger partial charge in [0, 0.05) is 10.2 Å². The van der Waals surface area contributed by atoms with Gasteiger partial charge in [0.25, 0.3) is 5.82 Å². The Morgan fingerprint density at radius 3 is 2.36 bits per heavy atom. The maximum atomic E-state index is 13.1. The number of rotatable bonds is 2. The summed E-state index contributed by atoms with van der Waals surface area (Å²) < 4.78 is 41.5. The molecule has 3 aromatic rings. The summed E-state index contributed by atoms with van der Waals surface area (Å²) in [7, 11) is 0. The molecule has 1 aliphatic rings. The van der Waals surface area contributed by atoms with Crippen molar-refractivity contribution in [3.05, 3.63) is 81.6 Å². The molecule has 1 atom stereocenters. The van der Waals surface area contributed by atoms with Crippen LogP contribution in [0.2, 0.25) is 0 Å². The quantitative estimate of drug-likeness (QED) is 0.603. The van der Waals surface area contributed by atoms with E-state index < -0.39 is 18.0 Å². The molecule has 1 aromatic heterocycles. The predicted octanol–water partition coefficient (Wildman–Crippen LogP) is 4.99. The summed E-state index contributed by atoms with van der Waals surface area (Å²) in [5.41, 5.74) is 2.57. The number of benzene rings is 2. The molecule has 4 rings (SSSR count). The number of nitriles is 1. The van der Waals surface area contributed by atoms with Gasteiger partial charge in [0.2, 0.25) is 5.95 Å². The van der Waals surface area contributed by atoms with Gasteiger partial charge in [-0.3, -0.25) is 0 Å². The first-order chi connectivity index (χ1) is 13.3. The van der Waals surface area contributed by atoms with Gasteiger partial charge in [-0.05, 0) is 41.5 Å². The summed E-state index contributed by atoms with van der Waals surface area (Å²) in [6.45, 7) is 0. The smallest absolute Gasteiger partial charge is 0.324 e. The lowest BCUT2D eigenvalue weighted by Gasteiger charge is -2.24. The van der Waals surface area contributed by atoms with Gasteiger partial charge in [0.1, 0.15) is 6.04 Å². The van der Waals surface area contributed by atoms with E-state index in [0.29, 0.717) is 16.8 Å². The summed E-state index contributed by atoms with van der Waals surface area (Å²) in [6.07, 6.45) is -2.87. The number of anilines is 1. The molecule has 0 aliphatic carbocycles. The number of alkyl halides is 3. The van der Waals surface area contributed by atoms with E-state index in [2.05, 4.69) is 31.3 Å². The summed E-state index contributed by atoms with van der Waals surface area (Å²) in [5, 5.41) is 15.6. The van der Waals surface area contributed by atoms with Crippen molar-refractivity contribution in [2.45, 2.75) is 12.2 Å². The average molecular weight is 446 g/mol. The largest absolute Gasteiger partial charge is 0.453 e. The topological polar surface area (TPSA) is 66.5 Å². The van der Waals surface area contributed by atoms with Crippen LogP contribution in [0, 0.1) is 11.3 Å². The summed E-state index contributed by atoms with van der Waals surface area (Å²) in [4.78, 5) is 3.64. The monoisotopic (exact) mass is 445 g/mol. The Labute approximate surface area is 166 Å². The molecule has 0 spiro atoms. The van der Waals surface area contributed by atoms with Crippen molar-refractivity contribution >= 4 is 27.6 Å². The Morgan fingerprint density at radius 2 is 1.75 bits per heavy atom. The highest BCUT2D eigenvalue weighted by Gasteiger charge is 2.39. The number of allylic oxidation sites excluding steroid dienone is 1. The molecule has 0 fully saturated rings. The van der Waals surface area contributed by atoms with Gasteiger partial charge in [-0.25, -0.2) is 4.68 Å². The molecule has 0 radical (unpaired) electrons. The molecule has 140 valence electrons. The fourth-order valence-electron chi connectivity index (χ4n) is 2.90. The first-order valence-corrected chi connectivity index (χ1v) is 8.93. The molecule has 0 saturated heterocycles. The standard InChI is InChI=1S/C19H11BrF3N5/c20-14-7-5-12(6-8-14)15-9-16(13-3-1-11(10-24)2-4-13)28-18(25-15)26-17(27-28)19(21,22)23/h1-9,16H,(H,25,26,27)/t16-/m1/s1. The molecule has 2 heterocycles. The van der Waals surface area contributed by atoms with E-state index in [0.717, 1.165) is 10.0 Å². The second-order valence-electron chi connectivity index (χ2n) is 6.09. The predicted molar refractivity (Wildman–Crippen MR) is 100 cm³/mol. The van der Waals surface area contributed by atoms with Crippen LogP contribution in [0.4, 0.5) is 19.1 Å². The van der Waals surface area contributed by atoms with Crippen molar-refractivity contribution < 1.29 is 13.2 Å². The zero-order chi connectivity index (χ0) is 19.9. The van der Waals surface area contributed by atoms with E-state index in [1.807, 2.05) is 30.3 Å². The van der Waals surface area contributed by atoms with Gasteiger partial charge in [-0.2, -0.15) is 23.4 Å². The van der Waals surface area contributed by atoms with Crippen LogP contribution in [0.15, 0.2) is 59.1 Å². The van der Waals surface area contributed by atoms with Crippen LogP contribution >= 0.6 is 15.9 Å². The van der Waals surface area contributed by atoms with Crippen molar-refractivity contribution in [1.82, 2.24) is 14.8 Å². The van der Waals surface area contributed by atoms with Crippen LogP contribution in [0.3, 0.4) is 0 Å². The number of halogens is 4. The molecular weight excluding hydrogens is 435 g/mol. The Hall–Kier alpha value is -3.12. The lowest BCUT2D eigenvalue weighted by molar-refractivity contribution is -0.145. The summed E-state index contributed by atoms with van der Waals surface area (Å²) >= 11 is 3.36. The summed E-state index contributed by atoms with van der Waals surface area (Å²) in [6, 6.07) is 15.4. The highest BCUT2D eigenvalue weighted by molar-refractivity contribution is 9.10. The summed E-state index contributed by atoms with van der Waals surface area (Å²) in [5.74, 6) is -1.21. The lowest BCUT2D eigenvalue weighted by atomic mass is 10.0. The SMILES string of the molecule is N#Cc1ccc([C@H]2C=C(c3ccc(Br)cc3)Nc3nc(C(F)(F)F)nn32)cc1. The van der Waals surface area contributed by atoms with E-state index in [1.54, 1.807) is 30.3 Å². The fraction of sp³-hybridized carbons (Fsp3) is 0.105. The molecule has 1 N–H and O–H groups in total. The Balaban J connectivity index is 1.83. The molecule has 28 heavy (non-hydrogen) atoms. The van der Waals surface area contributed by atoms with Crippen LogP contribution in [0.1, 0.15) is 28.6 Å². The van der Waals surface area contributed by atoms with Gasteiger partial charge >= 0.3 is 6.18 Å². The average Bonchev–Trinajstić information content (AvgIpc) is 3.13. The number of aromatic nitrogens is 3. The van der Waals surface area contributed by atoms with Gasteiger partial charge in [-0.1, -0.05) is 40.2 Å². The van der Waals surface area contributed by atoms with Crippen molar-refractivity contribution in [3.8, 4) is 6.07 Å². The maximum absolute atomic E-state index is 13.1. The van der Waals surface area contributed by atoms with Crippen LogP contribution in [-0.2, 0) is 6.18 Å². The van der Waals surface area contributed by atoms with Gasteiger partial charge in [0.15, 0.2) is 0 Å². The third-order valence-electron chi connectivity index (χ3n) is 4.26. The first-order valence-electron chi connectivity index (χ1n) is 8.14. The molecular formula is C19H11BrF3N5. The van der Waals surface area contributed by atoms with Crippen molar-refractivity contribution in [2.24, 2.45) is 0 Å². The molecule has 9 heteroatoms. The van der Waals surface area contributed by atoms with Gasteiger partial charge in [-0.15, -0.1) is 5.10 Å². The highest BCUT2D eigenvalue weighted by Crippen LogP contribution is 2.35. The van der Waals surface area contributed by atoms with Gasteiger partial charge < -0.3 is 5.32 Å². The number of hydrogen-bond donors (Lipinski definition) is 1. The molecule has 0 bridgehead atoms. The number of nitrogens with zero attached hydrogens (tertiary/aromatic N) is 4. The highest BCUT2D eigenvalue weighted by atomic mass is 79.9. The Kier molecular flexibility index (Phi) is 4.43. The van der Waals surface area contributed by atoms with Crippen LogP contribution in [0.5, 0.6) is 0 Å². The van der Waals surface area contributed by atoms with Crippen LogP contribution in [-0.4, -0.2) is 14.8 Å². The molecule has 0 amide bonds. The van der Waals surface area contributed by atoms with E-state index in [9.17, 15) is 13.2 Å². The first kappa shape index (κ1) is 18.3. The van der Waals surface area contributed by atoms with E-state index in [-0.39, 0.29) is 5.95 Å². The second-order valence-corrected chi connectivity index (χ2v) is 7.01. The second kappa shape index (κ2) is 6.80. The van der Waals surface area contributed by atoms with E-state index in [4.69, 9.17) is 5.26 Å². The lowest BCUT2D eigenvalue weighted by Crippen LogP contribution is -2.20. The molecule has 0 saturated carbocycles. The Morgan fingerprint density at radius 1 is 1.07 bits per heavy atom. The Bertz CT molecular complexity index is 1090. The zero-order valence-corrected chi connectivity index (χ0v) is 15.7. The maximum Gasteiger partial charge on any atom is 0.453 e. The number of hydrogen-bond acceptors (Lipinski definition) is 4. The molecule has 0 unspecified atom stereocenters. The molecule has 2 aromatic carbocycles. The van der Waals surface area contributed by atoms with Gasteiger partial charge in [0.05, 0.1) is 11.6 Å². The minimum absolute atomic E-state index is 0.00195. The molecule has 1 aliphatic heterocycles. The zero-order valence-electron chi connectivity index (χ0n) is 14.1. The van der Waals surface area contributed by atoms with Crippen molar-refractivity contribution in [1.29, 1.82) is 5.26 Å². The van der Waals surface area contributed by atoms with E-state index >= 15 is 0 Å². The van der Waals surface area contributed by atoms with Crippen molar-refractivity contribution in [2.75, 3.05) is 5.32 Å². The molecule has 5 nitrogen and oxygen atoms in total. The number of nitrogens with one attached hydrogen (secondary N) is 1. The minimum atomic E-state index is -4.65. The normalized spacial score (nSPS) is 16.0.